The Morgan fingerprint density at radius 1 is 1.12 bits per heavy atom. The van der Waals surface area contributed by atoms with Gasteiger partial charge in [-0.15, -0.1) is 0 Å². The molecule has 2 heterocycles. The lowest BCUT2D eigenvalue weighted by Crippen LogP contribution is -2.44. The second kappa shape index (κ2) is 7.28. The van der Waals surface area contributed by atoms with E-state index < -0.39 is 23.2 Å². The van der Waals surface area contributed by atoms with Crippen molar-refractivity contribution in [2.45, 2.75) is 6.18 Å². The van der Waals surface area contributed by atoms with Gasteiger partial charge in [0.25, 0.3) is 5.91 Å². The number of benzene rings is 1. The Labute approximate surface area is 148 Å². The topological polar surface area (TPSA) is 61.4 Å². The minimum atomic E-state index is -4.61. The summed E-state index contributed by atoms with van der Waals surface area (Å²) < 4.78 is 39.2. The van der Waals surface area contributed by atoms with Crippen molar-refractivity contribution in [3.05, 3.63) is 47.8 Å². The molecule has 0 bridgehead atoms. The minimum absolute atomic E-state index is 0.163. The standard InChI is InChI=1S/C17H18F3N5O/c1-24-6-8-25(9-7-24)15-10-14(21-11-22-15)23-16(26)12-4-2-3-5-13(12)17(18,19)20/h2-5,10-11H,6-9H2,1H3,(H,21,22,23,26). The van der Waals surface area contributed by atoms with Crippen LogP contribution >= 0.6 is 0 Å². The Bertz CT molecular complexity index is 788. The average Bonchev–Trinajstić information content (AvgIpc) is 2.62. The number of halogens is 3. The third-order valence-electron chi connectivity index (χ3n) is 4.20. The summed E-state index contributed by atoms with van der Waals surface area (Å²) in [5.41, 5.74) is -1.43. The van der Waals surface area contributed by atoms with Crippen molar-refractivity contribution in [3.63, 3.8) is 0 Å². The molecule has 1 aromatic carbocycles. The Morgan fingerprint density at radius 2 is 1.81 bits per heavy atom. The number of aromatic nitrogens is 2. The molecule has 1 amide bonds. The van der Waals surface area contributed by atoms with Gasteiger partial charge in [0.2, 0.25) is 0 Å². The first-order valence-electron chi connectivity index (χ1n) is 8.08. The summed E-state index contributed by atoms with van der Waals surface area (Å²) in [6.07, 6.45) is -3.32. The van der Waals surface area contributed by atoms with Gasteiger partial charge in [-0.25, -0.2) is 9.97 Å². The number of rotatable bonds is 3. The Kier molecular flexibility index (Phi) is 5.08. The molecule has 1 aliphatic rings. The van der Waals surface area contributed by atoms with E-state index in [1.54, 1.807) is 6.07 Å². The van der Waals surface area contributed by atoms with Crippen molar-refractivity contribution >= 4 is 17.5 Å². The molecule has 26 heavy (non-hydrogen) atoms. The van der Waals surface area contributed by atoms with E-state index in [4.69, 9.17) is 0 Å². The highest BCUT2D eigenvalue weighted by molar-refractivity contribution is 6.05. The number of anilines is 2. The molecule has 3 rings (SSSR count). The van der Waals surface area contributed by atoms with Gasteiger partial charge in [0, 0.05) is 32.2 Å². The van der Waals surface area contributed by atoms with Crippen molar-refractivity contribution in [2.75, 3.05) is 43.4 Å². The molecule has 1 saturated heterocycles. The maximum absolute atomic E-state index is 13.1. The van der Waals surface area contributed by atoms with Crippen LogP contribution in [-0.2, 0) is 6.18 Å². The van der Waals surface area contributed by atoms with E-state index >= 15 is 0 Å². The first kappa shape index (κ1) is 18.1. The van der Waals surface area contributed by atoms with Crippen molar-refractivity contribution in [1.82, 2.24) is 14.9 Å². The molecule has 0 aliphatic carbocycles. The molecular formula is C17H18F3N5O. The van der Waals surface area contributed by atoms with Gasteiger partial charge in [-0.1, -0.05) is 12.1 Å². The molecule has 1 fully saturated rings. The van der Waals surface area contributed by atoms with Crippen LogP contribution in [0.25, 0.3) is 0 Å². The third-order valence-corrected chi connectivity index (χ3v) is 4.20. The third kappa shape index (κ3) is 4.10. The van der Waals surface area contributed by atoms with E-state index in [1.807, 2.05) is 11.9 Å². The van der Waals surface area contributed by atoms with Crippen LogP contribution < -0.4 is 10.2 Å². The number of hydrogen-bond donors (Lipinski definition) is 1. The van der Waals surface area contributed by atoms with Gasteiger partial charge in [-0.2, -0.15) is 13.2 Å². The molecule has 0 saturated carbocycles. The molecule has 0 spiro atoms. The van der Waals surface area contributed by atoms with Crippen LogP contribution in [0.4, 0.5) is 24.8 Å². The van der Waals surface area contributed by atoms with Crippen molar-refractivity contribution in [2.24, 2.45) is 0 Å². The van der Waals surface area contributed by atoms with E-state index in [-0.39, 0.29) is 5.82 Å². The molecule has 138 valence electrons. The number of carbonyl (C=O) groups is 1. The first-order chi connectivity index (χ1) is 12.3. The van der Waals surface area contributed by atoms with Crippen LogP contribution in [0.2, 0.25) is 0 Å². The lowest BCUT2D eigenvalue weighted by atomic mass is 10.1. The Balaban J connectivity index is 1.78. The zero-order chi connectivity index (χ0) is 18.7. The number of likely N-dealkylation sites (N-methyl/N-ethyl adjacent to an activating group) is 1. The molecular weight excluding hydrogens is 347 g/mol. The van der Waals surface area contributed by atoms with Gasteiger partial charge in [0.15, 0.2) is 0 Å². The van der Waals surface area contributed by atoms with Crippen molar-refractivity contribution < 1.29 is 18.0 Å². The highest BCUT2D eigenvalue weighted by Crippen LogP contribution is 2.32. The predicted molar refractivity (Wildman–Crippen MR) is 91.1 cm³/mol. The molecule has 1 aliphatic heterocycles. The molecule has 1 N–H and O–H groups in total. The predicted octanol–water partition coefficient (Wildman–Crippen LogP) is 2.50. The molecule has 1 aromatic heterocycles. The van der Waals surface area contributed by atoms with Crippen LogP contribution in [0.15, 0.2) is 36.7 Å². The SMILES string of the molecule is CN1CCN(c2cc(NC(=O)c3ccccc3C(F)(F)F)ncn2)CC1. The Morgan fingerprint density at radius 3 is 2.50 bits per heavy atom. The Hall–Kier alpha value is -2.68. The van der Waals surface area contributed by atoms with Gasteiger partial charge in [0.1, 0.15) is 18.0 Å². The van der Waals surface area contributed by atoms with Crippen LogP contribution in [0.5, 0.6) is 0 Å². The van der Waals surface area contributed by atoms with Crippen molar-refractivity contribution in [3.8, 4) is 0 Å². The second-order valence-corrected chi connectivity index (χ2v) is 6.05. The van der Waals surface area contributed by atoms with E-state index in [0.29, 0.717) is 5.82 Å². The lowest BCUT2D eigenvalue weighted by Gasteiger charge is -2.33. The second-order valence-electron chi connectivity index (χ2n) is 6.05. The van der Waals surface area contributed by atoms with Gasteiger partial charge < -0.3 is 15.1 Å². The monoisotopic (exact) mass is 365 g/mol. The van der Waals surface area contributed by atoms with Crippen molar-refractivity contribution in [1.29, 1.82) is 0 Å². The summed E-state index contributed by atoms with van der Waals surface area (Å²) in [5, 5.41) is 2.43. The smallest absolute Gasteiger partial charge is 0.354 e. The molecule has 6 nitrogen and oxygen atoms in total. The van der Waals surface area contributed by atoms with Gasteiger partial charge >= 0.3 is 6.18 Å². The van der Waals surface area contributed by atoms with Crippen LogP contribution in [0.1, 0.15) is 15.9 Å². The fourth-order valence-corrected chi connectivity index (χ4v) is 2.74. The number of piperazine rings is 1. The van der Waals surface area contributed by atoms with Gasteiger partial charge in [-0.3, -0.25) is 4.79 Å². The summed E-state index contributed by atoms with van der Waals surface area (Å²) in [6.45, 7) is 3.31. The van der Waals surface area contributed by atoms with Gasteiger partial charge in [-0.05, 0) is 19.2 Å². The highest BCUT2D eigenvalue weighted by atomic mass is 19.4. The zero-order valence-electron chi connectivity index (χ0n) is 14.1. The summed E-state index contributed by atoms with van der Waals surface area (Å²) in [7, 11) is 2.03. The highest BCUT2D eigenvalue weighted by Gasteiger charge is 2.34. The number of carbonyl (C=O) groups excluding carboxylic acids is 1. The molecule has 2 aromatic rings. The number of alkyl halides is 3. The number of nitrogens with one attached hydrogen (secondary N) is 1. The molecule has 0 unspecified atom stereocenters. The van der Waals surface area contributed by atoms with E-state index in [2.05, 4.69) is 20.2 Å². The molecule has 9 heteroatoms. The summed E-state index contributed by atoms with van der Waals surface area (Å²) in [5.74, 6) is -0.0654. The van der Waals surface area contributed by atoms with Crippen LogP contribution in [0.3, 0.4) is 0 Å². The number of amides is 1. The quantitative estimate of drug-likeness (QED) is 0.906. The van der Waals surface area contributed by atoms with Crippen LogP contribution in [-0.4, -0.2) is 54.0 Å². The first-order valence-corrected chi connectivity index (χ1v) is 8.08. The van der Waals surface area contributed by atoms with E-state index in [0.717, 1.165) is 38.3 Å². The number of nitrogens with zero attached hydrogens (tertiary/aromatic N) is 4. The zero-order valence-corrected chi connectivity index (χ0v) is 14.1. The lowest BCUT2D eigenvalue weighted by molar-refractivity contribution is -0.137. The normalized spacial score (nSPS) is 15.8. The maximum atomic E-state index is 13.1. The fourth-order valence-electron chi connectivity index (χ4n) is 2.74. The summed E-state index contributed by atoms with van der Waals surface area (Å²) in [4.78, 5) is 24.7. The largest absolute Gasteiger partial charge is 0.417 e. The minimum Gasteiger partial charge on any atom is -0.354 e. The fraction of sp³-hybridized carbons (Fsp3) is 0.353. The molecule has 0 radical (unpaired) electrons. The average molecular weight is 365 g/mol. The van der Waals surface area contributed by atoms with Crippen LogP contribution in [0, 0.1) is 0 Å². The summed E-state index contributed by atoms with van der Waals surface area (Å²) >= 11 is 0. The maximum Gasteiger partial charge on any atom is 0.417 e. The van der Waals surface area contributed by atoms with Gasteiger partial charge in [0.05, 0.1) is 11.1 Å². The van der Waals surface area contributed by atoms with E-state index in [9.17, 15) is 18.0 Å². The number of hydrogen-bond acceptors (Lipinski definition) is 5. The van der Waals surface area contributed by atoms with E-state index in [1.165, 1.54) is 18.5 Å². The molecule has 0 atom stereocenters. The summed E-state index contributed by atoms with van der Waals surface area (Å²) in [6, 6.07) is 6.22.